The molecule has 0 aliphatic heterocycles. The highest BCUT2D eigenvalue weighted by Crippen LogP contribution is 2.41. The van der Waals surface area contributed by atoms with Crippen molar-refractivity contribution in [2.45, 2.75) is 57.7 Å². The minimum Gasteiger partial charge on any atom is -0.393 e. The van der Waals surface area contributed by atoms with Crippen LogP contribution in [0.3, 0.4) is 0 Å². The molecule has 14 heavy (non-hydrogen) atoms. The lowest BCUT2D eigenvalue weighted by molar-refractivity contribution is -0.0892. The van der Waals surface area contributed by atoms with Crippen LogP contribution in [-0.4, -0.2) is 23.9 Å². The first-order valence-corrected chi connectivity index (χ1v) is 6.12. The zero-order valence-corrected chi connectivity index (χ0v) is 9.11. The summed E-state index contributed by atoms with van der Waals surface area (Å²) >= 11 is 0. The second kappa shape index (κ2) is 4.63. The van der Waals surface area contributed by atoms with Gasteiger partial charge in [0.25, 0.3) is 0 Å². The molecule has 2 aliphatic rings. The minimum atomic E-state index is -0.0444. The van der Waals surface area contributed by atoms with Gasteiger partial charge in [-0.15, -0.1) is 0 Å². The zero-order chi connectivity index (χ0) is 9.97. The number of aliphatic hydroxyl groups excluding tert-OH is 1. The Kier molecular flexibility index (Phi) is 3.45. The van der Waals surface area contributed by atoms with Gasteiger partial charge in [0.15, 0.2) is 0 Å². The van der Waals surface area contributed by atoms with Crippen molar-refractivity contribution in [2.75, 3.05) is 6.61 Å². The number of ether oxygens (including phenoxy) is 1. The van der Waals surface area contributed by atoms with Crippen molar-refractivity contribution in [2.24, 2.45) is 11.8 Å². The summed E-state index contributed by atoms with van der Waals surface area (Å²) in [6, 6.07) is 0. The highest BCUT2D eigenvalue weighted by molar-refractivity contribution is 4.90. The Hall–Kier alpha value is -0.0800. The van der Waals surface area contributed by atoms with E-state index in [1.807, 2.05) is 0 Å². The van der Waals surface area contributed by atoms with Crippen LogP contribution < -0.4 is 0 Å². The van der Waals surface area contributed by atoms with Gasteiger partial charge >= 0.3 is 0 Å². The van der Waals surface area contributed by atoms with E-state index in [0.717, 1.165) is 19.4 Å². The molecular weight excluding hydrogens is 176 g/mol. The summed E-state index contributed by atoms with van der Waals surface area (Å²) in [6.07, 6.45) is 7.53. The highest BCUT2D eigenvalue weighted by atomic mass is 16.5. The van der Waals surface area contributed by atoms with Crippen molar-refractivity contribution in [3.63, 3.8) is 0 Å². The molecule has 0 aromatic carbocycles. The summed E-state index contributed by atoms with van der Waals surface area (Å²) < 4.78 is 5.79. The largest absolute Gasteiger partial charge is 0.393 e. The standard InChI is InChI=1S/C12H22O2/c1-2-14-12-8-7-11(13)9-5-3-4-6-10(9)12/h9-13H,2-8H2,1H3/t9-,10-,11-,12+/m0/s1. The van der Waals surface area contributed by atoms with Crippen LogP contribution in [0.4, 0.5) is 0 Å². The molecule has 2 fully saturated rings. The molecule has 0 amide bonds. The predicted molar refractivity (Wildman–Crippen MR) is 56.1 cm³/mol. The van der Waals surface area contributed by atoms with Gasteiger partial charge in [0.2, 0.25) is 0 Å². The lowest BCUT2D eigenvalue weighted by Crippen LogP contribution is -2.43. The first-order chi connectivity index (χ1) is 6.83. The molecule has 2 heteroatoms. The molecular formula is C12H22O2. The van der Waals surface area contributed by atoms with Crippen LogP contribution in [0.1, 0.15) is 45.4 Å². The van der Waals surface area contributed by atoms with Crippen LogP contribution in [-0.2, 0) is 4.74 Å². The summed E-state index contributed by atoms with van der Waals surface area (Å²) in [5, 5.41) is 9.93. The van der Waals surface area contributed by atoms with Gasteiger partial charge in [-0.1, -0.05) is 12.8 Å². The topological polar surface area (TPSA) is 29.5 Å². The van der Waals surface area contributed by atoms with E-state index in [2.05, 4.69) is 6.92 Å². The Balaban J connectivity index is 2.00. The quantitative estimate of drug-likeness (QED) is 0.738. The molecule has 0 aromatic heterocycles. The van der Waals surface area contributed by atoms with E-state index >= 15 is 0 Å². The minimum absolute atomic E-state index is 0.0444. The summed E-state index contributed by atoms with van der Waals surface area (Å²) in [6.45, 7) is 2.90. The van der Waals surface area contributed by atoms with Crippen molar-refractivity contribution in [1.29, 1.82) is 0 Å². The van der Waals surface area contributed by atoms with Gasteiger partial charge in [0.05, 0.1) is 12.2 Å². The van der Waals surface area contributed by atoms with Gasteiger partial charge in [0.1, 0.15) is 0 Å². The van der Waals surface area contributed by atoms with Gasteiger partial charge in [0, 0.05) is 6.61 Å². The Morgan fingerprint density at radius 2 is 1.79 bits per heavy atom. The summed E-state index contributed by atoms with van der Waals surface area (Å²) in [5.74, 6) is 1.18. The molecule has 82 valence electrons. The van der Waals surface area contributed by atoms with E-state index in [1.165, 1.54) is 25.7 Å². The van der Waals surface area contributed by atoms with Crippen LogP contribution >= 0.6 is 0 Å². The Morgan fingerprint density at radius 1 is 1.07 bits per heavy atom. The maximum absolute atomic E-state index is 9.93. The molecule has 4 atom stereocenters. The van der Waals surface area contributed by atoms with Crippen LogP contribution in [0.2, 0.25) is 0 Å². The third-order valence-corrected chi connectivity index (χ3v) is 3.97. The number of aliphatic hydroxyl groups is 1. The van der Waals surface area contributed by atoms with Crippen molar-refractivity contribution in [3.05, 3.63) is 0 Å². The molecule has 0 saturated heterocycles. The van der Waals surface area contributed by atoms with Gasteiger partial charge in [-0.05, 0) is 44.4 Å². The Labute approximate surface area is 86.6 Å². The number of hydrogen-bond donors (Lipinski definition) is 1. The Bertz CT molecular complexity index is 181. The van der Waals surface area contributed by atoms with Crippen LogP contribution in [0.15, 0.2) is 0 Å². The first-order valence-electron chi connectivity index (χ1n) is 6.12. The second-order valence-electron chi connectivity index (χ2n) is 4.75. The molecule has 0 unspecified atom stereocenters. The maximum atomic E-state index is 9.93. The average molecular weight is 198 g/mol. The van der Waals surface area contributed by atoms with Crippen LogP contribution in [0, 0.1) is 11.8 Å². The molecule has 0 heterocycles. The molecule has 0 radical (unpaired) electrons. The van der Waals surface area contributed by atoms with E-state index in [9.17, 15) is 5.11 Å². The molecule has 2 rings (SSSR count). The summed E-state index contributed by atoms with van der Waals surface area (Å²) in [4.78, 5) is 0. The van der Waals surface area contributed by atoms with Crippen molar-refractivity contribution < 1.29 is 9.84 Å². The van der Waals surface area contributed by atoms with E-state index in [-0.39, 0.29) is 6.10 Å². The lowest BCUT2D eigenvalue weighted by atomic mass is 9.68. The maximum Gasteiger partial charge on any atom is 0.0607 e. The van der Waals surface area contributed by atoms with Crippen LogP contribution in [0.5, 0.6) is 0 Å². The van der Waals surface area contributed by atoms with E-state index in [4.69, 9.17) is 4.74 Å². The predicted octanol–water partition coefficient (Wildman–Crippen LogP) is 2.35. The fourth-order valence-electron chi connectivity index (χ4n) is 3.31. The fraction of sp³-hybridized carbons (Fsp3) is 1.00. The van der Waals surface area contributed by atoms with Gasteiger partial charge in [-0.25, -0.2) is 0 Å². The molecule has 2 aliphatic carbocycles. The van der Waals surface area contributed by atoms with Crippen molar-refractivity contribution >= 4 is 0 Å². The normalized spacial score (nSPS) is 43.3. The third kappa shape index (κ3) is 1.96. The highest BCUT2D eigenvalue weighted by Gasteiger charge is 2.40. The van der Waals surface area contributed by atoms with Crippen molar-refractivity contribution in [3.8, 4) is 0 Å². The number of rotatable bonds is 2. The summed E-state index contributed by atoms with van der Waals surface area (Å²) in [5.41, 5.74) is 0. The van der Waals surface area contributed by atoms with Crippen LogP contribution in [0.25, 0.3) is 0 Å². The van der Waals surface area contributed by atoms with Gasteiger partial charge in [-0.2, -0.15) is 0 Å². The fourth-order valence-corrected chi connectivity index (χ4v) is 3.31. The molecule has 2 saturated carbocycles. The monoisotopic (exact) mass is 198 g/mol. The molecule has 0 spiro atoms. The SMILES string of the molecule is CCO[C@@H]1CC[C@H](O)[C@H]2CCCC[C@@H]21. The number of hydrogen-bond acceptors (Lipinski definition) is 2. The van der Waals surface area contributed by atoms with E-state index < -0.39 is 0 Å². The first kappa shape index (κ1) is 10.4. The zero-order valence-electron chi connectivity index (χ0n) is 9.11. The molecule has 0 bridgehead atoms. The third-order valence-electron chi connectivity index (χ3n) is 3.97. The lowest BCUT2D eigenvalue weighted by Gasteiger charge is -2.43. The van der Waals surface area contributed by atoms with E-state index in [0.29, 0.717) is 17.9 Å². The van der Waals surface area contributed by atoms with Gasteiger partial charge in [-0.3, -0.25) is 0 Å². The smallest absolute Gasteiger partial charge is 0.0607 e. The van der Waals surface area contributed by atoms with Gasteiger partial charge < -0.3 is 9.84 Å². The Morgan fingerprint density at radius 3 is 2.50 bits per heavy atom. The summed E-state index contributed by atoms with van der Waals surface area (Å²) in [7, 11) is 0. The average Bonchev–Trinajstić information content (AvgIpc) is 2.23. The molecule has 0 aromatic rings. The van der Waals surface area contributed by atoms with Crippen molar-refractivity contribution in [1.82, 2.24) is 0 Å². The van der Waals surface area contributed by atoms with E-state index in [1.54, 1.807) is 0 Å². The molecule has 1 N–H and O–H groups in total. The number of fused-ring (bicyclic) bond motifs is 1. The molecule has 2 nitrogen and oxygen atoms in total. The second-order valence-corrected chi connectivity index (χ2v) is 4.75.